The molecule has 2 nitrogen and oxygen atoms in total. The van der Waals surface area contributed by atoms with Crippen LogP contribution in [0.15, 0.2) is 24.3 Å². The van der Waals surface area contributed by atoms with Crippen molar-refractivity contribution in [1.82, 2.24) is 0 Å². The highest BCUT2D eigenvalue weighted by Gasteiger charge is 2.28. The summed E-state index contributed by atoms with van der Waals surface area (Å²) in [6, 6.07) is 7.55. The maximum absolute atomic E-state index is 5.91. The molecule has 1 aromatic rings. The Morgan fingerprint density at radius 2 is 2.00 bits per heavy atom. The standard InChI is InChI=1S/C11H14ClNO/c12-9-3-5-10(6-4-9)14-7-11(13)8-1-2-8/h3-6,8,11H,1-2,7,13H2/t11-/m0/s1. The molecule has 0 amide bonds. The van der Waals surface area contributed by atoms with Gasteiger partial charge in [0.2, 0.25) is 0 Å². The van der Waals surface area contributed by atoms with E-state index in [2.05, 4.69) is 0 Å². The maximum atomic E-state index is 5.91. The molecule has 0 aromatic heterocycles. The van der Waals surface area contributed by atoms with Crippen LogP contribution in [0.2, 0.25) is 5.02 Å². The van der Waals surface area contributed by atoms with Gasteiger partial charge in [-0.1, -0.05) is 11.6 Å². The Hall–Kier alpha value is -0.730. The van der Waals surface area contributed by atoms with Crippen LogP contribution >= 0.6 is 11.6 Å². The third-order valence-electron chi connectivity index (χ3n) is 2.48. The van der Waals surface area contributed by atoms with Gasteiger partial charge in [0, 0.05) is 11.1 Å². The fraction of sp³-hybridized carbons (Fsp3) is 0.455. The summed E-state index contributed by atoms with van der Waals surface area (Å²) >= 11 is 5.75. The second-order valence-electron chi connectivity index (χ2n) is 3.77. The van der Waals surface area contributed by atoms with Crippen LogP contribution in [0.4, 0.5) is 0 Å². The summed E-state index contributed by atoms with van der Waals surface area (Å²) in [7, 11) is 0. The lowest BCUT2D eigenvalue weighted by molar-refractivity contribution is 0.276. The minimum Gasteiger partial charge on any atom is -0.492 e. The first-order chi connectivity index (χ1) is 6.75. The zero-order valence-corrected chi connectivity index (χ0v) is 8.70. The zero-order chi connectivity index (χ0) is 9.97. The molecule has 1 saturated carbocycles. The Labute approximate surface area is 89.0 Å². The lowest BCUT2D eigenvalue weighted by Gasteiger charge is -2.11. The number of ether oxygens (including phenoxy) is 1. The predicted molar refractivity (Wildman–Crippen MR) is 57.6 cm³/mol. The molecule has 0 aliphatic heterocycles. The van der Waals surface area contributed by atoms with Crippen LogP contribution < -0.4 is 10.5 Å². The topological polar surface area (TPSA) is 35.2 Å². The molecule has 1 fully saturated rings. The van der Waals surface area contributed by atoms with Gasteiger partial charge in [-0.15, -0.1) is 0 Å². The van der Waals surface area contributed by atoms with Gasteiger partial charge in [0.15, 0.2) is 0 Å². The van der Waals surface area contributed by atoms with Crippen molar-refractivity contribution in [2.24, 2.45) is 11.7 Å². The van der Waals surface area contributed by atoms with Gasteiger partial charge in [-0.2, -0.15) is 0 Å². The minimum atomic E-state index is 0.186. The van der Waals surface area contributed by atoms with E-state index in [9.17, 15) is 0 Å². The van der Waals surface area contributed by atoms with E-state index in [4.69, 9.17) is 22.1 Å². The van der Waals surface area contributed by atoms with Crippen molar-refractivity contribution < 1.29 is 4.74 Å². The summed E-state index contributed by atoms with van der Waals surface area (Å²) in [5.74, 6) is 1.52. The quantitative estimate of drug-likeness (QED) is 0.831. The Morgan fingerprint density at radius 3 is 2.57 bits per heavy atom. The fourth-order valence-electron chi connectivity index (χ4n) is 1.38. The van der Waals surface area contributed by atoms with Gasteiger partial charge in [-0.3, -0.25) is 0 Å². The van der Waals surface area contributed by atoms with Crippen molar-refractivity contribution in [2.45, 2.75) is 18.9 Å². The Bertz CT molecular complexity index is 295. The summed E-state index contributed by atoms with van der Waals surface area (Å²) in [6.07, 6.45) is 2.51. The molecule has 76 valence electrons. The fourth-order valence-corrected chi connectivity index (χ4v) is 1.51. The first kappa shape index (κ1) is 9.81. The van der Waals surface area contributed by atoms with Gasteiger partial charge in [0.1, 0.15) is 12.4 Å². The maximum Gasteiger partial charge on any atom is 0.119 e. The van der Waals surface area contributed by atoms with E-state index in [1.807, 2.05) is 24.3 Å². The van der Waals surface area contributed by atoms with Crippen LogP contribution in [0.3, 0.4) is 0 Å². The van der Waals surface area contributed by atoms with Gasteiger partial charge in [-0.05, 0) is 43.0 Å². The SMILES string of the molecule is N[C@@H](COc1ccc(Cl)cc1)C1CC1. The summed E-state index contributed by atoms with van der Waals surface area (Å²) in [6.45, 7) is 0.603. The van der Waals surface area contributed by atoms with E-state index in [-0.39, 0.29) is 6.04 Å². The number of hydrogen-bond donors (Lipinski definition) is 1. The third kappa shape index (κ3) is 2.63. The van der Waals surface area contributed by atoms with Crippen LogP contribution in [0.5, 0.6) is 5.75 Å². The van der Waals surface area contributed by atoms with Crippen molar-refractivity contribution in [3.05, 3.63) is 29.3 Å². The first-order valence-corrected chi connectivity index (χ1v) is 5.27. The third-order valence-corrected chi connectivity index (χ3v) is 2.74. The Morgan fingerprint density at radius 1 is 1.36 bits per heavy atom. The molecule has 1 aromatic carbocycles. The molecular formula is C11H14ClNO. The number of halogens is 1. The Balaban J connectivity index is 1.82. The number of nitrogens with two attached hydrogens (primary N) is 1. The van der Waals surface area contributed by atoms with Crippen LogP contribution in [0.1, 0.15) is 12.8 Å². The second kappa shape index (κ2) is 4.20. The number of benzene rings is 1. The zero-order valence-electron chi connectivity index (χ0n) is 7.95. The highest BCUT2D eigenvalue weighted by Crippen LogP contribution is 2.31. The Kier molecular flexibility index (Phi) is 2.94. The van der Waals surface area contributed by atoms with Gasteiger partial charge >= 0.3 is 0 Å². The number of rotatable bonds is 4. The van der Waals surface area contributed by atoms with Crippen LogP contribution in [0, 0.1) is 5.92 Å². The highest BCUT2D eigenvalue weighted by molar-refractivity contribution is 6.30. The van der Waals surface area contributed by atoms with Crippen LogP contribution in [0.25, 0.3) is 0 Å². The molecule has 2 N–H and O–H groups in total. The smallest absolute Gasteiger partial charge is 0.119 e. The largest absolute Gasteiger partial charge is 0.492 e. The molecule has 14 heavy (non-hydrogen) atoms. The van der Waals surface area contributed by atoms with E-state index in [0.717, 1.165) is 10.8 Å². The molecule has 0 radical (unpaired) electrons. The monoisotopic (exact) mass is 211 g/mol. The first-order valence-electron chi connectivity index (χ1n) is 4.89. The van der Waals surface area contributed by atoms with Crippen molar-refractivity contribution >= 4 is 11.6 Å². The molecule has 0 unspecified atom stereocenters. The molecule has 0 saturated heterocycles. The van der Waals surface area contributed by atoms with Crippen molar-refractivity contribution in [2.75, 3.05) is 6.61 Å². The lowest BCUT2D eigenvalue weighted by atomic mass is 10.2. The summed E-state index contributed by atoms with van der Waals surface area (Å²) in [5.41, 5.74) is 5.91. The van der Waals surface area contributed by atoms with Crippen molar-refractivity contribution in [3.63, 3.8) is 0 Å². The van der Waals surface area contributed by atoms with Crippen LogP contribution in [-0.4, -0.2) is 12.6 Å². The average molecular weight is 212 g/mol. The predicted octanol–water partition coefficient (Wildman–Crippen LogP) is 2.46. The molecule has 1 aliphatic carbocycles. The number of hydrogen-bond acceptors (Lipinski definition) is 2. The lowest BCUT2D eigenvalue weighted by Crippen LogP contribution is -2.29. The summed E-state index contributed by atoms with van der Waals surface area (Å²) in [5, 5.41) is 0.726. The van der Waals surface area contributed by atoms with E-state index < -0.39 is 0 Å². The van der Waals surface area contributed by atoms with E-state index in [1.54, 1.807) is 0 Å². The molecule has 3 heteroatoms. The van der Waals surface area contributed by atoms with Crippen molar-refractivity contribution in [1.29, 1.82) is 0 Å². The van der Waals surface area contributed by atoms with E-state index in [0.29, 0.717) is 12.5 Å². The van der Waals surface area contributed by atoms with E-state index in [1.165, 1.54) is 12.8 Å². The van der Waals surface area contributed by atoms with Gasteiger partial charge in [0.05, 0.1) is 0 Å². The molecule has 1 aliphatic rings. The van der Waals surface area contributed by atoms with Gasteiger partial charge in [-0.25, -0.2) is 0 Å². The molecule has 1 atom stereocenters. The van der Waals surface area contributed by atoms with E-state index >= 15 is 0 Å². The van der Waals surface area contributed by atoms with Gasteiger partial charge < -0.3 is 10.5 Å². The van der Waals surface area contributed by atoms with Gasteiger partial charge in [0.25, 0.3) is 0 Å². The highest BCUT2D eigenvalue weighted by atomic mass is 35.5. The normalized spacial score (nSPS) is 17.9. The summed E-state index contributed by atoms with van der Waals surface area (Å²) < 4.78 is 5.54. The molecule has 2 rings (SSSR count). The molecule has 0 spiro atoms. The molecular weight excluding hydrogens is 198 g/mol. The van der Waals surface area contributed by atoms with Crippen molar-refractivity contribution in [3.8, 4) is 5.75 Å². The summed E-state index contributed by atoms with van der Waals surface area (Å²) in [4.78, 5) is 0. The average Bonchev–Trinajstić information content (AvgIpc) is 3.00. The van der Waals surface area contributed by atoms with Crippen LogP contribution in [-0.2, 0) is 0 Å². The molecule has 0 bridgehead atoms. The molecule has 0 heterocycles. The second-order valence-corrected chi connectivity index (χ2v) is 4.20. The minimum absolute atomic E-state index is 0.186.